The molecule has 0 aromatic heterocycles. The van der Waals surface area contributed by atoms with Crippen LogP contribution in [0.25, 0.3) is 0 Å². The van der Waals surface area contributed by atoms with Crippen LogP contribution in [-0.4, -0.2) is 233 Å². The van der Waals surface area contributed by atoms with E-state index in [4.69, 9.17) is 16.2 Å². The third kappa shape index (κ3) is 20.1. The topological polar surface area (TPSA) is 502 Å². The number of fused-ring (bicyclic) bond motifs is 2. The fourth-order valence-corrected chi connectivity index (χ4v) is 9.39. The monoisotopic (exact) mass is 1140 g/mol. The third-order valence-corrected chi connectivity index (χ3v) is 13.8. The highest BCUT2D eigenvalue weighted by Gasteiger charge is 2.48. The first-order valence-electron chi connectivity index (χ1n) is 26.8. The lowest BCUT2D eigenvalue weighted by atomic mass is 10.0. The van der Waals surface area contributed by atoms with Gasteiger partial charge in [-0.1, -0.05) is 58.8 Å². The normalized spacial score (nSPS) is 28.5. The zero-order chi connectivity index (χ0) is 60.1. The van der Waals surface area contributed by atoms with E-state index >= 15 is 0 Å². The Hall–Kier alpha value is -6.80. The summed E-state index contributed by atoms with van der Waals surface area (Å²) in [4.78, 5) is 155. The van der Waals surface area contributed by atoms with Gasteiger partial charge in [0.25, 0.3) is 0 Å². The smallest absolute Gasteiger partial charge is 0.335 e. The number of rotatable bonds is 20. The largest absolute Gasteiger partial charge is 0.479 e. The molecule has 3 saturated heterocycles. The van der Waals surface area contributed by atoms with Crippen LogP contribution in [0.1, 0.15) is 118 Å². The SMILES string of the molecule is CC(C)CCCCCCCCCC1CC(=O)N[C@@H]([C@@H](C)O)C(=O)N[C@@H](C)C(=O)N2CC[C@@H](O)[C@H]2C(=O)N[C@@H](CCCN=C(N)N)C(=O)N[C@@H](C(O)C(=O)O)C(=O)N[C@@H](CO)C(=O)N2CC[C@H](O)[C@H]2C(=O)N[C@H](C(O)C(=O)O)C(=O)O1. The summed E-state index contributed by atoms with van der Waals surface area (Å²) in [6.45, 7) is 4.27. The fourth-order valence-electron chi connectivity index (χ4n) is 9.39. The number of nitrogens with one attached hydrogen (secondary N) is 6. The molecule has 80 heavy (non-hydrogen) atoms. The number of carbonyl (C=O) groups is 11. The molecule has 0 bridgehead atoms. The standard InChI is InChI=1S/C49H81N11O20/c1-23(2)13-10-8-6-5-7-9-11-14-26-21-31(65)56-32(25(4)62)40(69)53-24(3)44(73)59-19-16-29(63)35(59)42(71)54-27(15-12-18-52-49(50)51)39(68)57-33(37(66)46(75)76)41(70)55-28(22-61)45(74)60-20-17-30(64)36(60)43(72)58-34(48(79)80-26)38(67)47(77)78/h23-30,32-38,61-64,66-67H,5-22H2,1-4H3,(H,53,69)(H,54,71)(H,55,70)(H,56,65)(H,57,68)(H,58,72)(H,75,76)(H,77,78)(H4,50,51,52)/t24-,25+,26?,27-,28-,29+,30-,32-,33-,34+,35-,36-,37?,38?/m0/s1. The second kappa shape index (κ2) is 32.5. The molecule has 0 aliphatic carbocycles. The number of hydrogen-bond acceptors (Lipinski definition) is 19. The van der Waals surface area contributed by atoms with Crippen molar-refractivity contribution in [1.82, 2.24) is 41.7 Å². The summed E-state index contributed by atoms with van der Waals surface area (Å²) in [6.07, 6.45) is -7.48. The lowest BCUT2D eigenvalue weighted by Crippen LogP contribution is -2.64. The molecule has 3 aliphatic rings. The molecule has 3 rings (SSSR count). The van der Waals surface area contributed by atoms with Crippen LogP contribution in [-0.2, 0) is 57.5 Å². The average molecular weight is 1140 g/mol. The van der Waals surface area contributed by atoms with Crippen LogP contribution in [0.2, 0.25) is 0 Å². The van der Waals surface area contributed by atoms with Crippen LogP contribution >= 0.6 is 0 Å². The number of carboxylic acids is 2. The van der Waals surface area contributed by atoms with Gasteiger partial charge in [-0.05, 0) is 58.3 Å². The van der Waals surface area contributed by atoms with Gasteiger partial charge in [-0.3, -0.25) is 43.3 Å². The first kappa shape index (κ1) is 67.5. The molecular weight excluding hydrogens is 1060 g/mol. The first-order valence-corrected chi connectivity index (χ1v) is 26.8. The van der Waals surface area contributed by atoms with Gasteiger partial charge in [-0.2, -0.15) is 0 Å². The third-order valence-electron chi connectivity index (χ3n) is 13.8. The number of guanidine groups is 1. The molecule has 18 N–H and O–H groups in total. The van der Waals surface area contributed by atoms with Crippen molar-refractivity contribution >= 4 is 71.1 Å². The van der Waals surface area contributed by atoms with E-state index in [1.54, 1.807) is 0 Å². The molecule has 0 radical (unpaired) electrons. The molecule has 3 aliphatic heterocycles. The second-order valence-corrected chi connectivity index (χ2v) is 20.7. The van der Waals surface area contributed by atoms with E-state index in [-0.39, 0.29) is 44.7 Å². The second-order valence-electron chi connectivity index (χ2n) is 20.7. The van der Waals surface area contributed by atoms with E-state index in [9.17, 15) is 93.6 Å². The number of hydrogen-bond donors (Lipinski definition) is 16. The summed E-state index contributed by atoms with van der Waals surface area (Å²) in [6, 6.07) is -16.2. The van der Waals surface area contributed by atoms with Crippen LogP contribution in [0.4, 0.5) is 0 Å². The fraction of sp³-hybridized carbons (Fsp3) is 0.755. The molecule has 31 nitrogen and oxygen atoms in total. The minimum atomic E-state index is -2.81. The number of nitrogens with zero attached hydrogens (tertiary/aromatic N) is 3. The van der Waals surface area contributed by atoms with E-state index in [1.165, 1.54) is 6.92 Å². The highest BCUT2D eigenvalue weighted by atomic mass is 16.5. The Morgan fingerprint density at radius 3 is 1.66 bits per heavy atom. The number of cyclic esters (lactones) is 1. The number of unbranched alkanes of at least 4 members (excludes halogenated alkanes) is 6. The van der Waals surface area contributed by atoms with Crippen LogP contribution in [0.5, 0.6) is 0 Å². The van der Waals surface area contributed by atoms with E-state index in [0.29, 0.717) is 23.7 Å². The van der Waals surface area contributed by atoms with Crippen molar-refractivity contribution < 1.29 is 98.3 Å². The van der Waals surface area contributed by atoms with E-state index in [0.717, 1.165) is 50.3 Å². The Morgan fingerprint density at radius 1 is 0.625 bits per heavy atom. The number of aliphatic hydroxyl groups excluding tert-OH is 6. The lowest BCUT2D eigenvalue weighted by Gasteiger charge is -2.32. The maximum Gasteiger partial charge on any atom is 0.335 e. The molecule has 3 unspecified atom stereocenters. The lowest BCUT2D eigenvalue weighted by molar-refractivity contribution is -0.165. The van der Waals surface area contributed by atoms with Gasteiger partial charge in [0, 0.05) is 19.6 Å². The molecule has 14 atom stereocenters. The van der Waals surface area contributed by atoms with Crippen LogP contribution in [0.15, 0.2) is 4.99 Å². The zero-order valence-electron chi connectivity index (χ0n) is 45.4. The predicted molar refractivity (Wildman–Crippen MR) is 276 cm³/mol. The number of nitrogens with two attached hydrogens (primary N) is 2. The Morgan fingerprint density at radius 2 is 1.12 bits per heavy atom. The average Bonchev–Trinajstić information content (AvgIpc) is 3.99. The summed E-state index contributed by atoms with van der Waals surface area (Å²) in [5.41, 5.74) is 10.8. The molecule has 3 heterocycles. The van der Waals surface area contributed by atoms with Crippen molar-refractivity contribution in [2.24, 2.45) is 22.4 Å². The van der Waals surface area contributed by atoms with Crippen LogP contribution < -0.4 is 43.4 Å². The highest BCUT2D eigenvalue weighted by molar-refractivity contribution is 6.00. The van der Waals surface area contributed by atoms with Gasteiger partial charge in [0.1, 0.15) is 48.4 Å². The molecule has 452 valence electrons. The number of carboxylic acid groups (broad SMARTS) is 2. The van der Waals surface area contributed by atoms with Crippen molar-refractivity contribution in [2.75, 3.05) is 26.2 Å². The Labute approximate surface area is 461 Å². The number of carbonyl (C=O) groups excluding carboxylic acids is 9. The van der Waals surface area contributed by atoms with Gasteiger partial charge >= 0.3 is 17.9 Å². The molecule has 0 spiro atoms. The van der Waals surface area contributed by atoms with Crippen LogP contribution in [0.3, 0.4) is 0 Å². The molecular formula is C49H81N11O20. The predicted octanol–water partition coefficient (Wildman–Crippen LogP) is -6.36. The zero-order valence-corrected chi connectivity index (χ0v) is 45.4. The van der Waals surface area contributed by atoms with Crippen molar-refractivity contribution in [3.8, 4) is 0 Å². The van der Waals surface area contributed by atoms with Gasteiger partial charge in [-0.15, -0.1) is 0 Å². The minimum Gasteiger partial charge on any atom is -0.479 e. The number of aliphatic carboxylic acids is 2. The number of esters is 1. The van der Waals surface area contributed by atoms with Crippen molar-refractivity contribution in [2.45, 2.75) is 203 Å². The maximum atomic E-state index is 14.1. The van der Waals surface area contributed by atoms with Gasteiger partial charge in [0.2, 0.25) is 47.3 Å². The number of aliphatic imine (C=N–C) groups is 1. The molecule has 31 heteroatoms. The van der Waals surface area contributed by atoms with E-state index in [2.05, 4.69) is 34.8 Å². The Kier molecular flexibility index (Phi) is 27.4. The molecule has 3 fully saturated rings. The molecule has 0 aromatic rings. The Bertz CT molecular complexity index is 2220. The molecule has 0 saturated carbocycles. The summed E-state index contributed by atoms with van der Waals surface area (Å²) < 4.78 is 5.59. The minimum absolute atomic E-state index is 0.0749. The van der Waals surface area contributed by atoms with Gasteiger partial charge in [0.05, 0.1) is 31.3 Å². The van der Waals surface area contributed by atoms with Gasteiger partial charge < -0.3 is 98.8 Å². The molecule has 0 aromatic carbocycles. The summed E-state index contributed by atoms with van der Waals surface area (Å²) in [5.74, 6) is -15.8. The molecule has 8 amide bonds. The Balaban J connectivity index is 2.14. The van der Waals surface area contributed by atoms with Crippen molar-refractivity contribution in [3.63, 3.8) is 0 Å². The van der Waals surface area contributed by atoms with E-state index < -0.39 is 176 Å². The maximum absolute atomic E-state index is 14.1. The highest BCUT2D eigenvalue weighted by Crippen LogP contribution is 2.23. The van der Waals surface area contributed by atoms with Crippen molar-refractivity contribution in [3.05, 3.63) is 0 Å². The number of ether oxygens (including phenoxy) is 1. The number of amides is 8. The van der Waals surface area contributed by atoms with Gasteiger partial charge in [0.15, 0.2) is 24.2 Å². The summed E-state index contributed by atoms with van der Waals surface area (Å²) in [7, 11) is 0. The van der Waals surface area contributed by atoms with Crippen LogP contribution in [0, 0.1) is 5.92 Å². The summed E-state index contributed by atoms with van der Waals surface area (Å²) >= 11 is 0. The summed E-state index contributed by atoms with van der Waals surface area (Å²) in [5, 5.41) is 97.2. The number of aliphatic hydroxyl groups is 6. The first-order chi connectivity index (χ1) is 37.6. The quantitative estimate of drug-likeness (QED) is 0.0233. The van der Waals surface area contributed by atoms with Gasteiger partial charge in [-0.25, -0.2) is 14.4 Å². The van der Waals surface area contributed by atoms with Crippen molar-refractivity contribution in [1.29, 1.82) is 0 Å². The van der Waals surface area contributed by atoms with E-state index in [1.807, 2.05) is 16.0 Å².